The Kier molecular flexibility index (Phi) is 2.25. The first-order valence-corrected chi connectivity index (χ1v) is 5.78. The van der Waals surface area contributed by atoms with Crippen LogP contribution >= 0.6 is 0 Å². The third-order valence-electron chi connectivity index (χ3n) is 3.43. The molecule has 3 heteroatoms. The Morgan fingerprint density at radius 3 is 2.88 bits per heavy atom. The van der Waals surface area contributed by atoms with E-state index in [1.54, 1.807) is 16.8 Å². The molecule has 1 atom stereocenters. The Labute approximate surface area is 99.5 Å². The highest BCUT2D eigenvalue weighted by Crippen LogP contribution is 2.35. The van der Waals surface area contributed by atoms with Gasteiger partial charge in [0, 0.05) is 18.7 Å². The number of hydrogen-bond donors (Lipinski definition) is 1. The largest absolute Gasteiger partial charge is 0.394 e. The average molecular weight is 226 g/mol. The number of nitrogens with two attached hydrogens (primary N) is 1. The molecule has 0 spiro atoms. The maximum absolute atomic E-state index is 11.8. The van der Waals surface area contributed by atoms with Crippen LogP contribution in [0, 0.1) is 0 Å². The van der Waals surface area contributed by atoms with Crippen LogP contribution in [0.1, 0.15) is 17.0 Å². The topological polar surface area (TPSA) is 48.0 Å². The third-order valence-corrected chi connectivity index (χ3v) is 3.43. The van der Waals surface area contributed by atoms with Gasteiger partial charge in [0.1, 0.15) is 0 Å². The van der Waals surface area contributed by atoms with E-state index in [0.29, 0.717) is 11.6 Å². The predicted molar refractivity (Wildman–Crippen MR) is 68.0 cm³/mol. The van der Waals surface area contributed by atoms with E-state index in [1.807, 2.05) is 12.1 Å². The fourth-order valence-corrected chi connectivity index (χ4v) is 2.46. The number of nitrogen functional groups attached to an aromatic ring is 1. The molecule has 2 N–H and O–H groups in total. The Hall–Kier alpha value is -2.03. The van der Waals surface area contributed by atoms with E-state index >= 15 is 0 Å². The van der Waals surface area contributed by atoms with Crippen molar-refractivity contribution in [2.24, 2.45) is 0 Å². The summed E-state index contributed by atoms with van der Waals surface area (Å²) in [6.07, 6.45) is 2.86. The molecule has 86 valence electrons. The first-order valence-electron chi connectivity index (χ1n) is 5.78. The summed E-state index contributed by atoms with van der Waals surface area (Å²) in [7, 11) is 0. The van der Waals surface area contributed by atoms with Crippen molar-refractivity contribution >= 4 is 5.69 Å². The van der Waals surface area contributed by atoms with Crippen LogP contribution in [0.5, 0.6) is 0 Å². The Bertz CT molecular complexity index is 616. The molecule has 0 amide bonds. The molecule has 0 saturated carbocycles. The molecule has 3 nitrogen and oxygen atoms in total. The highest BCUT2D eigenvalue weighted by Gasteiger charge is 2.25. The molecule has 1 aliphatic rings. The lowest BCUT2D eigenvalue weighted by Gasteiger charge is -2.30. The molecule has 1 aromatic carbocycles. The van der Waals surface area contributed by atoms with Gasteiger partial charge in [0.25, 0.3) is 5.56 Å². The predicted octanol–water partition coefficient (Wildman–Crippen LogP) is 1.77. The van der Waals surface area contributed by atoms with Crippen LogP contribution < -0.4 is 11.3 Å². The SMILES string of the molecule is Nc1cccn(CC2Cc3ccccc32)c1=O. The summed E-state index contributed by atoms with van der Waals surface area (Å²) >= 11 is 0. The van der Waals surface area contributed by atoms with E-state index in [1.165, 1.54) is 11.1 Å². The molecule has 2 aromatic rings. The van der Waals surface area contributed by atoms with Gasteiger partial charge in [-0.25, -0.2) is 0 Å². The lowest BCUT2D eigenvalue weighted by Crippen LogP contribution is -2.29. The lowest BCUT2D eigenvalue weighted by atomic mass is 9.77. The van der Waals surface area contributed by atoms with Crippen molar-refractivity contribution in [3.63, 3.8) is 0 Å². The highest BCUT2D eigenvalue weighted by molar-refractivity contribution is 5.40. The zero-order chi connectivity index (χ0) is 11.8. The van der Waals surface area contributed by atoms with Gasteiger partial charge in [-0.05, 0) is 29.7 Å². The minimum atomic E-state index is -0.0862. The summed E-state index contributed by atoms with van der Waals surface area (Å²) in [6, 6.07) is 11.9. The van der Waals surface area contributed by atoms with Gasteiger partial charge >= 0.3 is 0 Å². The number of pyridine rings is 1. The second-order valence-corrected chi connectivity index (χ2v) is 4.52. The smallest absolute Gasteiger partial charge is 0.273 e. The summed E-state index contributed by atoms with van der Waals surface area (Å²) in [5.41, 5.74) is 8.61. The number of fused-ring (bicyclic) bond motifs is 1. The molecule has 1 unspecified atom stereocenters. The van der Waals surface area contributed by atoms with Crippen molar-refractivity contribution in [3.8, 4) is 0 Å². The van der Waals surface area contributed by atoms with Crippen molar-refractivity contribution in [1.82, 2.24) is 4.57 Å². The molecule has 17 heavy (non-hydrogen) atoms. The number of anilines is 1. The second-order valence-electron chi connectivity index (χ2n) is 4.52. The van der Waals surface area contributed by atoms with Crippen LogP contribution in [0.3, 0.4) is 0 Å². The van der Waals surface area contributed by atoms with E-state index in [2.05, 4.69) is 18.2 Å². The molecule has 1 heterocycles. The van der Waals surface area contributed by atoms with Gasteiger partial charge in [0.15, 0.2) is 0 Å². The fraction of sp³-hybridized carbons (Fsp3) is 0.214. The number of nitrogens with zero attached hydrogens (tertiary/aromatic N) is 1. The quantitative estimate of drug-likeness (QED) is 0.848. The van der Waals surface area contributed by atoms with Crippen LogP contribution in [0.2, 0.25) is 0 Å². The van der Waals surface area contributed by atoms with Crippen molar-refractivity contribution in [3.05, 3.63) is 64.1 Å². The Morgan fingerprint density at radius 2 is 2.06 bits per heavy atom. The molecule has 0 radical (unpaired) electrons. The van der Waals surface area contributed by atoms with Gasteiger partial charge in [0.2, 0.25) is 0 Å². The second kappa shape index (κ2) is 3.77. The minimum absolute atomic E-state index is 0.0862. The van der Waals surface area contributed by atoms with Crippen molar-refractivity contribution in [2.45, 2.75) is 18.9 Å². The Balaban J connectivity index is 1.87. The molecule has 0 bridgehead atoms. The van der Waals surface area contributed by atoms with Crippen LogP contribution in [0.25, 0.3) is 0 Å². The van der Waals surface area contributed by atoms with E-state index in [4.69, 9.17) is 5.73 Å². The molecule has 1 aromatic heterocycles. The molecule has 3 rings (SSSR count). The summed E-state index contributed by atoms with van der Waals surface area (Å²) in [4.78, 5) is 11.8. The molecule has 0 saturated heterocycles. The van der Waals surface area contributed by atoms with Crippen molar-refractivity contribution < 1.29 is 0 Å². The average Bonchev–Trinajstić information content (AvgIpc) is 2.31. The van der Waals surface area contributed by atoms with Gasteiger partial charge in [0.05, 0.1) is 5.69 Å². The number of rotatable bonds is 2. The van der Waals surface area contributed by atoms with Crippen LogP contribution in [0.4, 0.5) is 5.69 Å². The maximum atomic E-state index is 11.8. The first kappa shape index (κ1) is 10.1. The van der Waals surface area contributed by atoms with Gasteiger partial charge < -0.3 is 10.3 Å². The van der Waals surface area contributed by atoms with Crippen LogP contribution in [-0.2, 0) is 13.0 Å². The molecule has 0 aliphatic heterocycles. The summed E-state index contributed by atoms with van der Waals surface area (Å²) in [5.74, 6) is 0.450. The van der Waals surface area contributed by atoms with Gasteiger partial charge in [-0.3, -0.25) is 4.79 Å². The van der Waals surface area contributed by atoms with Gasteiger partial charge in [-0.2, -0.15) is 0 Å². The number of hydrogen-bond acceptors (Lipinski definition) is 2. The van der Waals surface area contributed by atoms with Crippen molar-refractivity contribution in [1.29, 1.82) is 0 Å². The van der Waals surface area contributed by atoms with E-state index in [0.717, 1.165) is 13.0 Å². The first-order chi connectivity index (χ1) is 8.25. The van der Waals surface area contributed by atoms with E-state index in [9.17, 15) is 4.79 Å². The number of aromatic nitrogens is 1. The monoisotopic (exact) mass is 226 g/mol. The molecule has 1 aliphatic carbocycles. The fourth-order valence-electron chi connectivity index (χ4n) is 2.46. The molecule has 0 fully saturated rings. The van der Waals surface area contributed by atoms with E-state index in [-0.39, 0.29) is 5.56 Å². The van der Waals surface area contributed by atoms with Crippen LogP contribution in [0.15, 0.2) is 47.4 Å². The van der Waals surface area contributed by atoms with Gasteiger partial charge in [-0.1, -0.05) is 24.3 Å². The summed E-state index contributed by atoms with van der Waals surface area (Å²) in [5, 5.41) is 0. The standard InChI is InChI=1S/C14H14N2O/c15-13-6-3-7-16(14(13)17)9-11-8-10-4-1-2-5-12(10)11/h1-7,11H,8-9,15H2. The molecular formula is C14H14N2O. The summed E-state index contributed by atoms with van der Waals surface area (Å²) in [6.45, 7) is 0.723. The van der Waals surface area contributed by atoms with Crippen molar-refractivity contribution in [2.75, 3.05) is 5.73 Å². The van der Waals surface area contributed by atoms with Crippen LogP contribution in [-0.4, -0.2) is 4.57 Å². The normalized spacial score (nSPS) is 17.3. The Morgan fingerprint density at radius 1 is 1.24 bits per heavy atom. The molecular weight excluding hydrogens is 212 g/mol. The van der Waals surface area contributed by atoms with E-state index < -0.39 is 0 Å². The number of benzene rings is 1. The lowest BCUT2D eigenvalue weighted by molar-refractivity contribution is 0.499. The highest BCUT2D eigenvalue weighted by atomic mass is 16.1. The summed E-state index contributed by atoms with van der Waals surface area (Å²) < 4.78 is 1.70. The minimum Gasteiger partial charge on any atom is -0.394 e. The maximum Gasteiger partial charge on any atom is 0.273 e. The third kappa shape index (κ3) is 1.64. The van der Waals surface area contributed by atoms with Gasteiger partial charge in [-0.15, -0.1) is 0 Å². The zero-order valence-corrected chi connectivity index (χ0v) is 9.47. The zero-order valence-electron chi connectivity index (χ0n) is 9.47.